The molecule has 0 spiro atoms. The number of aliphatic hydroxyl groups excluding tert-OH is 1. The van der Waals surface area contributed by atoms with Crippen molar-refractivity contribution in [2.24, 2.45) is 5.92 Å². The molecule has 0 aliphatic carbocycles. The molecule has 2 unspecified atom stereocenters. The lowest BCUT2D eigenvalue weighted by Crippen LogP contribution is -2.33. The molecule has 0 bridgehead atoms. The minimum atomic E-state index is -0.854. The first-order valence-corrected chi connectivity index (χ1v) is 6.78. The van der Waals surface area contributed by atoms with Crippen molar-refractivity contribution in [2.75, 3.05) is 24.6 Å². The standard InChI is InChI=1S/C10H23NO2S/c1-4-5-14(13)8-10(12)7-11-6-9(2)3/h9-12H,4-8H2,1-3H3. The minimum absolute atomic E-state index is 0.402. The molecule has 0 rings (SSSR count). The number of hydrogen-bond donors (Lipinski definition) is 2. The third kappa shape index (κ3) is 8.66. The van der Waals surface area contributed by atoms with Crippen LogP contribution in [0.25, 0.3) is 0 Å². The van der Waals surface area contributed by atoms with Crippen LogP contribution in [0.4, 0.5) is 0 Å². The second-order valence-electron chi connectivity index (χ2n) is 4.02. The molecule has 0 fully saturated rings. The second kappa shape index (κ2) is 8.38. The van der Waals surface area contributed by atoms with E-state index in [1.165, 1.54) is 0 Å². The molecule has 2 atom stereocenters. The van der Waals surface area contributed by atoms with Crippen molar-refractivity contribution in [3.8, 4) is 0 Å². The molecule has 0 radical (unpaired) electrons. The first-order chi connectivity index (χ1) is 6.56. The van der Waals surface area contributed by atoms with E-state index in [1.807, 2.05) is 6.92 Å². The van der Waals surface area contributed by atoms with Gasteiger partial charge in [-0.1, -0.05) is 20.8 Å². The summed E-state index contributed by atoms with van der Waals surface area (Å²) in [6.45, 7) is 7.69. The molecule has 0 aliphatic heterocycles. The van der Waals surface area contributed by atoms with E-state index in [0.717, 1.165) is 13.0 Å². The van der Waals surface area contributed by atoms with Gasteiger partial charge in [0.1, 0.15) is 0 Å². The van der Waals surface area contributed by atoms with Crippen molar-refractivity contribution in [1.29, 1.82) is 0 Å². The Bertz CT molecular complexity index is 162. The van der Waals surface area contributed by atoms with Gasteiger partial charge in [-0.2, -0.15) is 0 Å². The van der Waals surface area contributed by atoms with Gasteiger partial charge in [-0.05, 0) is 18.9 Å². The molecule has 0 saturated carbocycles. The van der Waals surface area contributed by atoms with Crippen LogP contribution in [0.1, 0.15) is 27.2 Å². The van der Waals surface area contributed by atoms with E-state index in [9.17, 15) is 9.32 Å². The zero-order chi connectivity index (χ0) is 11.0. The Labute approximate surface area is 89.7 Å². The summed E-state index contributed by atoms with van der Waals surface area (Å²) in [5.41, 5.74) is 0. The van der Waals surface area contributed by atoms with Gasteiger partial charge in [-0.3, -0.25) is 4.21 Å². The topological polar surface area (TPSA) is 49.3 Å². The van der Waals surface area contributed by atoms with Gasteiger partial charge in [-0.15, -0.1) is 0 Å². The summed E-state index contributed by atoms with van der Waals surface area (Å²) in [5.74, 6) is 1.68. The lowest BCUT2D eigenvalue weighted by atomic mass is 10.2. The molecule has 0 aromatic heterocycles. The highest BCUT2D eigenvalue weighted by atomic mass is 32.2. The van der Waals surface area contributed by atoms with E-state index in [0.29, 0.717) is 24.0 Å². The number of nitrogens with one attached hydrogen (secondary N) is 1. The Morgan fingerprint density at radius 2 is 2.00 bits per heavy atom. The zero-order valence-electron chi connectivity index (χ0n) is 9.45. The predicted molar refractivity (Wildman–Crippen MR) is 61.9 cm³/mol. The van der Waals surface area contributed by atoms with Crippen LogP contribution < -0.4 is 5.32 Å². The van der Waals surface area contributed by atoms with Crippen LogP contribution in [0.15, 0.2) is 0 Å². The minimum Gasteiger partial charge on any atom is -0.391 e. The molecule has 0 aromatic rings. The van der Waals surface area contributed by atoms with E-state index in [1.54, 1.807) is 0 Å². The lowest BCUT2D eigenvalue weighted by Gasteiger charge is -2.12. The fourth-order valence-corrected chi connectivity index (χ4v) is 2.29. The van der Waals surface area contributed by atoms with Crippen LogP contribution in [0.3, 0.4) is 0 Å². The van der Waals surface area contributed by atoms with Gasteiger partial charge in [0.05, 0.1) is 11.9 Å². The molecular formula is C10H23NO2S. The highest BCUT2D eigenvalue weighted by Gasteiger charge is 2.08. The number of aliphatic hydroxyl groups is 1. The van der Waals surface area contributed by atoms with E-state index < -0.39 is 16.9 Å². The molecule has 0 heterocycles. The highest BCUT2D eigenvalue weighted by Crippen LogP contribution is 1.93. The van der Waals surface area contributed by atoms with Crippen molar-refractivity contribution < 1.29 is 9.32 Å². The smallest absolute Gasteiger partial charge is 0.0779 e. The Morgan fingerprint density at radius 3 is 2.50 bits per heavy atom. The van der Waals surface area contributed by atoms with Crippen LogP contribution in [0, 0.1) is 5.92 Å². The maximum Gasteiger partial charge on any atom is 0.0779 e. The van der Waals surface area contributed by atoms with Crippen molar-refractivity contribution in [2.45, 2.75) is 33.3 Å². The molecule has 0 amide bonds. The third-order valence-corrected chi connectivity index (χ3v) is 3.36. The average molecular weight is 221 g/mol. The van der Waals surface area contributed by atoms with Crippen molar-refractivity contribution >= 4 is 10.8 Å². The molecule has 14 heavy (non-hydrogen) atoms. The van der Waals surface area contributed by atoms with Gasteiger partial charge >= 0.3 is 0 Å². The van der Waals surface area contributed by atoms with Gasteiger partial charge in [0.25, 0.3) is 0 Å². The molecule has 0 saturated heterocycles. The summed E-state index contributed by atoms with van der Waals surface area (Å²) < 4.78 is 11.3. The van der Waals surface area contributed by atoms with E-state index in [-0.39, 0.29) is 0 Å². The molecule has 3 nitrogen and oxygen atoms in total. The van der Waals surface area contributed by atoms with Crippen LogP contribution in [0.2, 0.25) is 0 Å². The third-order valence-electron chi connectivity index (χ3n) is 1.74. The van der Waals surface area contributed by atoms with Crippen LogP contribution in [0.5, 0.6) is 0 Å². The molecule has 2 N–H and O–H groups in total. The van der Waals surface area contributed by atoms with Crippen molar-refractivity contribution in [1.82, 2.24) is 5.32 Å². The number of hydrogen-bond acceptors (Lipinski definition) is 3. The Morgan fingerprint density at radius 1 is 1.36 bits per heavy atom. The average Bonchev–Trinajstić information content (AvgIpc) is 2.03. The van der Waals surface area contributed by atoms with E-state index in [2.05, 4.69) is 19.2 Å². The SMILES string of the molecule is CCCS(=O)CC(O)CNCC(C)C. The van der Waals surface area contributed by atoms with Crippen LogP contribution >= 0.6 is 0 Å². The van der Waals surface area contributed by atoms with Crippen LogP contribution in [-0.4, -0.2) is 40.0 Å². The summed E-state index contributed by atoms with van der Waals surface area (Å²) in [6.07, 6.45) is 0.444. The molecule has 4 heteroatoms. The summed E-state index contributed by atoms with van der Waals surface area (Å²) >= 11 is 0. The summed E-state index contributed by atoms with van der Waals surface area (Å²) in [7, 11) is -0.854. The Balaban J connectivity index is 3.44. The maximum absolute atomic E-state index is 11.3. The van der Waals surface area contributed by atoms with E-state index >= 15 is 0 Å². The number of rotatable bonds is 8. The van der Waals surface area contributed by atoms with Gasteiger partial charge in [0.2, 0.25) is 0 Å². The summed E-state index contributed by atoms with van der Waals surface area (Å²) in [5, 5.41) is 12.7. The van der Waals surface area contributed by atoms with Gasteiger partial charge in [0.15, 0.2) is 0 Å². The Kier molecular flexibility index (Phi) is 8.43. The van der Waals surface area contributed by atoms with Crippen LogP contribution in [-0.2, 0) is 10.8 Å². The first-order valence-electron chi connectivity index (χ1n) is 5.30. The molecule has 86 valence electrons. The zero-order valence-corrected chi connectivity index (χ0v) is 10.3. The second-order valence-corrected chi connectivity index (χ2v) is 5.64. The van der Waals surface area contributed by atoms with Gasteiger partial charge < -0.3 is 10.4 Å². The highest BCUT2D eigenvalue weighted by molar-refractivity contribution is 7.85. The first kappa shape index (κ1) is 14.1. The van der Waals surface area contributed by atoms with Gasteiger partial charge in [0, 0.05) is 23.1 Å². The van der Waals surface area contributed by atoms with Gasteiger partial charge in [-0.25, -0.2) is 0 Å². The summed E-state index contributed by atoms with van der Waals surface area (Å²) in [4.78, 5) is 0. The lowest BCUT2D eigenvalue weighted by molar-refractivity contribution is 0.193. The quantitative estimate of drug-likeness (QED) is 0.636. The fraction of sp³-hybridized carbons (Fsp3) is 1.00. The predicted octanol–water partition coefficient (Wildman–Crippen LogP) is 0.752. The monoisotopic (exact) mass is 221 g/mol. The largest absolute Gasteiger partial charge is 0.391 e. The van der Waals surface area contributed by atoms with Crippen molar-refractivity contribution in [3.63, 3.8) is 0 Å². The molecule has 0 aliphatic rings. The van der Waals surface area contributed by atoms with Crippen molar-refractivity contribution in [3.05, 3.63) is 0 Å². The fourth-order valence-electron chi connectivity index (χ4n) is 1.12. The van der Waals surface area contributed by atoms with E-state index in [4.69, 9.17) is 0 Å². The molecule has 0 aromatic carbocycles. The Hall–Kier alpha value is 0.0700. The maximum atomic E-state index is 11.3. The normalized spacial score (nSPS) is 15.8. The molecular weight excluding hydrogens is 198 g/mol. The summed E-state index contributed by atoms with van der Waals surface area (Å²) in [6, 6.07) is 0.